The van der Waals surface area contributed by atoms with Crippen LogP contribution in [0.4, 0.5) is 0 Å². The van der Waals surface area contributed by atoms with E-state index in [0.29, 0.717) is 22.4 Å². The molecule has 1 aromatic carbocycles. The van der Waals surface area contributed by atoms with Crippen molar-refractivity contribution in [1.29, 1.82) is 0 Å². The molecule has 1 heterocycles. The maximum absolute atomic E-state index is 6.10. The van der Waals surface area contributed by atoms with Gasteiger partial charge in [0.25, 0.3) is 0 Å². The highest BCUT2D eigenvalue weighted by Gasteiger charge is 2.16. The summed E-state index contributed by atoms with van der Waals surface area (Å²) in [7, 11) is 0. The molecule has 0 unspecified atom stereocenters. The monoisotopic (exact) mass is 330 g/mol. The van der Waals surface area contributed by atoms with Crippen LogP contribution in [0.25, 0.3) is 0 Å². The first-order chi connectivity index (χ1) is 10.2. The molecule has 1 aromatic rings. The molecule has 0 bridgehead atoms. The van der Waals surface area contributed by atoms with Crippen molar-refractivity contribution in [3.8, 4) is 5.75 Å². The van der Waals surface area contributed by atoms with Gasteiger partial charge in [-0.1, -0.05) is 36.2 Å². The molecule has 1 aliphatic heterocycles. The molecule has 0 radical (unpaired) electrons. The van der Waals surface area contributed by atoms with Gasteiger partial charge in [-0.3, -0.25) is 4.90 Å². The van der Waals surface area contributed by atoms with Crippen molar-refractivity contribution in [2.75, 3.05) is 39.3 Å². The summed E-state index contributed by atoms with van der Waals surface area (Å²) in [4.78, 5) is 2.45. The van der Waals surface area contributed by atoms with Crippen LogP contribution in [0.15, 0.2) is 18.2 Å². The van der Waals surface area contributed by atoms with Gasteiger partial charge in [0.1, 0.15) is 6.61 Å². The molecule has 1 fully saturated rings. The van der Waals surface area contributed by atoms with Gasteiger partial charge in [-0.15, -0.1) is 0 Å². The number of hydrogen-bond acceptors (Lipinski definition) is 3. The van der Waals surface area contributed by atoms with Crippen molar-refractivity contribution in [3.05, 3.63) is 28.2 Å². The molecule has 0 saturated carbocycles. The quantitative estimate of drug-likeness (QED) is 0.825. The van der Waals surface area contributed by atoms with Crippen LogP contribution in [0.2, 0.25) is 10.0 Å². The van der Waals surface area contributed by atoms with Crippen LogP contribution < -0.4 is 10.1 Å². The number of hydrogen-bond donors (Lipinski definition) is 1. The molecule has 1 saturated heterocycles. The highest BCUT2D eigenvalue weighted by Crippen LogP contribution is 2.32. The lowest BCUT2D eigenvalue weighted by Gasteiger charge is -2.29. The summed E-state index contributed by atoms with van der Waals surface area (Å²) in [6, 6.07) is 5.43. The highest BCUT2D eigenvalue weighted by molar-refractivity contribution is 6.37. The SMILES string of the molecule is CCN(CCOc1c(Cl)cccc1Cl)CC1CCNCC1. The van der Waals surface area contributed by atoms with E-state index in [-0.39, 0.29) is 0 Å². The normalized spacial score (nSPS) is 16.4. The lowest BCUT2D eigenvalue weighted by atomic mass is 9.97. The van der Waals surface area contributed by atoms with Crippen molar-refractivity contribution in [2.45, 2.75) is 19.8 Å². The summed E-state index contributed by atoms with van der Waals surface area (Å²) in [5.41, 5.74) is 0. The second-order valence-electron chi connectivity index (χ2n) is 5.49. The zero-order valence-electron chi connectivity index (χ0n) is 12.6. The first-order valence-electron chi connectivity index (χ1n) is 7.70. The smallest absolute Gasteiger partial charge is 0.156 e. The molecule has 0 aliphatic carbocycles. The van der Waals surface area contributed by atoms with Crippen LogP contribution >= 0.6 is 23.2 Å². The van der Waals surface area contributed by atoms with Gasteiger partial charge in [-0.05, 0) is 50.5 Å². The van der Waals surface area contributed by atoms with E-state index in [0.717, 1.165) is 38.6 Å². The van der Waals surface area contributed by atoms with Crippen LogP contribution in [-0.2, 0) is 0 Å². The number of rotatable bonds is 7. The molecule has 5 heteroatoms. The van der Waals surface area contributed by atoms with Crippen LogP contribution in [0.1, 0.15) is 19.8 Å². The molecule has 3 nitrogen and oxygen atoms in total. The van der Waals surface area contributed by atoms with Gasteiger partial charge in [0.15, 0.2) is 5.75 Å². The number of para-hydroxylation sites is 1. The Morgan fingerprint density at radius 3 is 2.52 bits per heavy atom. The molecule has 1 aliphatic rings. The van der Waals surface area contributed by atoms with E-state index in [1.165, 1.54) is 12.8 Å². The predicted molar refractivity (Wildman–Crippen MR) is 89.7 cm³/mol. The van der Waals surface area contributed by atoms with Crippen LogP contribution in [0, 0.1) is 5.92 Å². The maximum atomic E-state index is 6.10. The van der Waals surface area contributed by atoms with Gasteiger partial charge in [-0.2, -0.15) is 0 Å². The third kappa shape index (κ3) is 5.33. The Morgan fingerprint density at radius 2 is 1.90 bits per heavy atom. The fourth-order valence-corrected chi connectivity index (χ4v) is 3.21. The van der Waals surface area contributed by atoms with E-state index in [1.54, 1.807) is 12.1 Å². The Bertz CT molecular complexity index is 416. The summed E-state index contributed by atoms with van der Waals surface area (Å²) in [6.45, 7) is 8.21. The van der Waals surface area contributed by atoms with Crippen molar-refractivity contribution in [3.63, 3.8) is 0 Å². The minimum absolute atomic E-state index is 0.573. The van der Waals surface area contributed by atoms with Gasteiger partial charge in [0.05, 0.1) is 10.0 Å². The number of halogens is 2. The second-order valence-corrected chi connectivity index (χ2v) is 6.30. The molecule has 2 rings (SSSR count). The minimum Gasteiger partial charge on any atom is -0.489 e. The zero-order valence-corrected chi connectivity index (χ0v) is 14.1. The standard InChI is InChI=1S/C16H24Cl2N2O/c1-2-20(12-13-6-8-19-9-7-13)10-11-21-16-14(17)4-3-5-15(16)18/h3-5,13,19H,2,6-12H2,1H3. The third-order valence-electron chi connectivity index (χ3n) is 4.00. The summed E-state index contributed by atoms with van der Waals surface area (Å²) >= 11 is 12.2. The van der Waals surface area contributed by atoms with Gasteiger partial charge in [0, 0.05) is 13.1 Å². The maximum Gasteiger partial charge on any atom is 0.156 e. The van der Waals surface area contributed by atoms with E-state index >= 15 is 0 Å². The Balaban J connectivity index is 1.77. The Morgan fingerprint density at radius 1 is 1.24 bits per heavy atom. The van der Waals surface area contributed by atoms with Gasteiger partial charge in [-0.25, -0.2) is 0 Å². The molecule has 1 N–H and O–H groups in total. The Hall–Kier alpha value is -0.480. The second kappa shape index (κ2) is 8.84. The zero-order chi connectivity index (χ0) is 15.1. The molecular weight excluding hydrogens is 307 g/mol. The molecule has 21 heavy (non-hydrogen) atoms. The lowest BCUT2D eigenvalue weighted by Crippen LogP contribution is -2.37. The number of benzene rings is 1. The highest BCUT2D eigenvalue weighted by atomic mass is 35.5. The van der Waals surface area contributed by atoms with E-state index < -0.39 is 0 Å². The molecule has 118 valence electrons. The summed E-state index contributed by atoms with van der Waals surface area (Å²) in [5.74, 6) is 1.40. The largest absolute Gasteiger partial charge is 0.489 e. The first-order valence-corrected chi connectivity index (χ1v) is 8.46. The first kappa shape index (κ1) is 16.9. The van der Waals surface area contributed by atoms with Crippen LogP contribution in [0.5, 0.6) is 5.75 Å². The number of nitrogens with one attached hydrogen (secondary N) is 1. The fraction of sp³-hybridized carbons (Fsp3) is 0.625. The average Bonchev–Trinajstić information content (AvgIpc) is 2.50. The summed E-state index contributed by atoms with van der Waals surface area (Å²) < 4.78 is 5.77. The molecule has 0 amide bonds. The van der Waals surface area contributed by atoms with Crippen LogP contribution in [-0.4, -0.2) is 44.2 Å². The Kier molecular flexibility index (Phi) is 7.11. The molecule has 0 aromatic heterocycles. The number of nitrogens with zero attached hydrogens (tertiary/aromatic N) is 1. The topological polar surface area (TPSA) is 24.5 Å². The molecule has 0 atom stereocenters. The average molecular weight is 331 g/mol. The van der Waals surface area contributed by atoms with Gasteiger partial charge < -0.3 is 10.1 Å². The number of ether oxygens (including phenoxy) is 1. The van der Waals surface area contributed by atoms with E-state index in [2.05, 4.69) is 17.1 Å². The minimum atomic E-state index is 0.573. The lowest BCUT2D eigenvalue weighted by molar-refractivity contribution is 0.178. The van der Waals surface area contributed by atoms with E-state index in [4.69, 9.17) is 27.9 Å². The summed E-state index contributed by atoms with van der Waals surface area (Å²) in [6.07, 6.45) is 2.54. The van der Waals surface area contributed by atoms with E-state index in [1.807, 2.05) is 6.07 Å². The van der Waals surface area contributed by atoms with Crippen molar-refractivity contribution >= 4 is 23.2 Å². The van der Waals surface area contributed by atoms with E-state index in [9.17, 15) is 0 Å². The van der Waals surface area contributed by atoms with Gasteiger partial charge in [0.2, 0.25) is 0 Å². The van der Waals surface area contributed by atoms with Crippen molar-refractivity contribution < 1.29 is 4.74 Å². The predicted octanol–water partition coefficient (Wildman–Crippen LogP) is 3.69. The van der Waals surface area contributed by atoms with Crippen molar-refractivity contribution in [2.24, 2.45) is 5.92 Å². The van der Waals surface area contributed by atoms with Gasteiger partial charge >= 0.3 is 0 Å². The number of likely N-dealkylation sites (N-methyl/N-ethyl adjacent to an activating group) is 1. The fourth-order valence-electron chi connectivity index (χ4n) is 2.71. The summed E-state index contributed by atoms with van der Waals surface area (Å²) in [5, 5.41) is 4.56. The molecule has 0 spiro atoms. The number of piperidine rings is 1. The van der Waals surface area contributed by atoms with Crippen LogP contribution in [0.3, 0.4) is 0 Å². The Labute approximate surface area is 137 Å². The third-order valence-corrected chi connectivity index (χ3v) is 4.59. The molecular formula is C16H24Cl2N2O. The van der Waals surface area contributed by atoms with Crippen molar-refractivity contribution in [1.82, 2.24) is 10.2 Å².